The van der Waals surface area contributed by atoms with Crippen molar-refractivity contribution < 1.29 is 4.74 Å². The van der Waals surface area contributed by atoms with Crippen molar-refractivity contribution in [2.75, 3.05) is 5.73 Å². The van der Waals surface area contributed by atoms with Crippen LogP contribution in [-0.4, -0.2) is 4.98 Å². The lowest BCUT2D eigenvalue weighted by atomic mass is 10.3. The average Bonchev–Trinajstić information content (AvgIpc) is 2.32. The van der Waals surface area contributed by atoms with Gasteiger partial charge in [0.25, 0.3) is 0 Å². The van der Waals surface area contributed by atoms with Crippen LogP contribution in [0.5, 0.6) is 5.75 Å². The first kappa shape index (κ1) is 13.5. The van der Waals surface area contributed by atoms with Crippen molar-refractivity contribution in [2.24, 2.45) is 0 Å². The van der Waals surface area contributed by atoms with Gasteiger partial charge in [-0.3, -0.25) is 0 Å². The Hall–Kier alpha value is -0.970. The number of pyridine rings is 1. The smallest absolute Gasteiger partial charge is 0.138 e. The average molecular weight is 348 g/mol. The van der Waals surface area contributed by atoms with Crippen molar-refractivity contribution in [3.63, 3.8) is 0 Å². The minimum absolute atomic E-state index is 0.214. The fourth-order valence-corrected chi connectivity index (χ4v) is 2.23. The largest absolute Gasteiger partial charge is 0.486 e. The fourth-order valence-electron chi connectivity index (χ4n) is 1.34. The first-order valence-electron chi connectivity index (χ1n) is 5.05. The van der Waals surface area contributed by atoms with Gasteiger partial charge >= 0.3 is 0 Å². The molecular formula is C12H9BrCl2N2O. The van der Waals surface area contributed by atoms with Crippen LogP contribution >= 0.6 is 39.1 Å². The van der Waals surface area contributed by atoms with Gasteiger partial charge in [0.2, 0.25) is 0 Å². The summed E-state index contributed by atoms with van der Waals surface area (Å²) < 4.78 is 6.45. The summed E-state index contributed by atoms with van der Waals surface area (Å²) in [6.07, 6.45) is 0. The Balaban J connectivity index is 2.13. The van der Waals surface area contributed by atoms with Gasteiger partial charge in [-0.25, -0.2) is 4.98 Å². The van der Waals surface area contributed by atoms with Crippen LogP contribution in [0.15, 0.2) is 34.8 Å². The van der Waals surface area contributed by atoms with E-state index < -0.39 is 0 Å². The van der Waals surface area contributed by atoms with E-state index in [4.69, 9.17) is 33.7 Å². The van der Waals surface area contributed by atoms with Crippen LogP contribution in [0.3, 0.4) is 0 Å². The molecule has 0 unspecified atom stereocenters. The Labute approximate surface area is 123 Å². The Morgan fingerprint density at radius 2 is 1.94 bits per heavy atom. The van der Waals surface area contributed by atoms with Gasteiger partial charge in [-0.05, 0) is 30.3 Å². The number of halogens is 3. The quantitative estimate of drug-likeness (QED) is 0.899. The van der Waals surface area contributed by atoms with E-state index in [1.165, 1.54) is 0 Å². The van der Waals surface area contributed by atoms with Crippen LogP contribution in [0.25, 0.3) is 0 Å². The maximum Gasteiger partial charge on any atom is 0.138 e. The van der Waals surface area contributed by atoms with E-state index in [-0.39, 0.29) is 6.61 Å². The van der Waals surface area contributed by atoms with Crippen LogP contribution in [0, 0.1) is 0 Å². The highest BCUT2D eigenvalue weighted by Crippen LogP contribution is 2.28. The zero-order valence-electron chi connectivity index (χ0n) is 9.16. The Kier molecular flexibility index (Phi) is 4.32. The molecule has 6 heteroatoms. The van der Waals surface area contributed by atoms with E-state index in [1.54, 1.807) is 24.3 Å². The lowest BCUT2D eigenvalue weighted by molar-refractivity contribution is 0.302. The predicted octanol–water partition coefficient (Wildman–Crippen LogP) is 4.31. The molecule has 0 aliphatic heterocycles. The highest BCUT2D eigenvalue weighted by atomic mass is 79.9. The standard InChI is InChI=1S/C12H9BrCl2N2O/c13-7-1-3-11(9(15)5-7)18-6-10-8(14)2-4-12(16)17-10/h1-5H,6H2,(H2,16,17). The first-order valence-corrected chi connectivity index (χ1v) is 6.60. The summed E-state index contributed by atoms with van der Waals surface area (Å²) in [4.78, 5) is 4.10. The van der Waals surface area contributed by atoms with Gasteiger partial charge < -0.3 is 10.5 Å². The number of nitrogen functional groups attached to an aromatic ring is 1. The van der Waals surface area contributed by atoms with Crippen molar-refractivity contribution in [1.82, 2.24) is 4.98 Å². The summed E-state index contributed by atoms with van der Waals surface area (Å²) in [6, 6.07) is 8.69. The van der Waals surface area contributed by atoms with E-state index in [2.05, 4.69) is 20.9 Å². The summed E-state index contributed by atoms with van der Waals surface area (Å²) in [7, 11) is 0. The molecule has 0 radical (unpaired) electrons. The molecule has 2 rings (SSSR count). The van der Waals surface area contributed by atoms with Crippen LogP contribution in [0.4, 0.5) is 5.82 Å². The first-order chi connectivity index (χ1) is 8.56. The lowest BCUT2D eigenvalue weighted by Crippen LogP contribution is -2.02. The molecule has 2 aromatic rings. The molecule has 1 aromatic heterocycles. The van der Waals surface area contributed by atoms with E-state index >= 15 is 0 Å². The molecule has 0 bridgehead atoms. The van der Waals surface area contributed by atoms with Gasteiger partial charge in [0.15, 0.2) is 0 Å². The molecule has 0 saturated heterocycles. The van der Waals surface area contributed by atoms with Crippen LogP contribution < -0.4 is 10.5 Å². The van der Waals surface area contributed by atoms with Crippen molar-refractivity contribution in [1.29, 1.82) is 0 Å². The van der Waals surface area contributed by atoms with Gasteiger partial charge in [0.1, 0.15) is 18.2 Å². The minimum Gasteiger partial charge on any atom is -0.486 e. The molecule has 0 saturated carbocycles. The number of rotatable bonds is 3. The summed E-state index contributed by atoms with van der Waals surface area (Å²) in [5.74, 6) is 0.972. The zero-order chi connectivity index (χ0) is 13.1. The third-order valence-corrected chi connectivity index (χ3v) is 3.33. The third-order valence-electron chi connectivity index (χ3n) is 2.20. The molecule has 94 valence electrons. The van der Waals surface area contributed by atoms with Crippen LogP contribution in [0.2, 0.25) is 10.0 Å². The number of benzene rings is 1. The summed E-state index contributed by atoms with van der Waals surface area (Å²) in [6.45, 7) is 0.214. The van der Waals surface area contributed by atoms with Crippen LogP contribution in [-0.2, 0) is 6.61 Å². The van der Waals surface area contributed by atoms with E-state index in [0.29, 0.717) is 27.3 Å². The molecule has 3 nitrogen and oxygen atoms in total. The number of hydrogen-bond donors (Lipinski definition) is 1. The van der Waals surface area contributed by atoms with Gasteiger partial charge in [-0.15, -0.1) is 0 Å². The van der Waals surface area contributed by atoms with Gasteiger partial charge in [0.05, 0.1) is 15.7 Å². The number of aromatic nitrogens is 1. The molecule has 0 aliphatic carbocycles. The highest BCUT2D eigenvalue weighted by Gasteiger charge is 2.06. The summed E-state index contributed by atoms with van der Waals surface area (Å²) in [5, 5.41) is 1.03. The second kappa shape index (κ2) is 5.78. The number of nitrogens with two attached hydrogens (primary N) is 1. The Morgan fingerprint density at radius 3 is 2.67 bits per heavy atom. The zero-order valence-corrected chi connectivity index (χ0v) is 12.3. The number of ether oxygens (including phenoxy) is 1. The maximum absolute atomic E-state index is 6.03. The lowest BCUT2D eigenvalue weighted by Gasteiger charge is -2.09. The molecular weight excluding hydrogens is 339 g/mol. The highest BCUT2D eigenvalue weighted by molar-refractivity contribution is 9.10. The van der Waals surface area contributed by atoms with Crippen molar-refractivity contribution >= 4 is 44.9 Å². The number of nitrogens with zero attached hydrogens (tertiary/aromatic N) is 1. The van der Waals surface area contributed by atoms with Crippen LogP contribution in [0.1, 0.15) is 5.69 Å². The molecule has 1 heterocycles. The van der Waals surface area contributed by atoms with Gasteiger partial charge in [0, 0.05) is 4.47 Å². The van der Waals surface area contributed by atoms with Crippen molar-refractivity contribution in [3.05, 3.63) is 50.5 Å². The third kappa shape index (κ3) is 3.28. The molecule has 0 atom stereocenters. The van der Waals surface area contributed by atoms with E-state index in [1.807, 2.05) is 6.07 Å². The summed E-state index contributed by atoms with van der Waals surface area (Å²) in [5.41, 5.74) is 6.17. The van der Waals surface area contributed by atoms with Gasteiger partial charge in [-0.2, -0.15) is 0 Å². The van der Waals surface area contributed by atoms with E-state index in [9.17, 15) is 0 Å². The monoisotopic (exact) mass is 346 g/mol. The number of hydrogen-bond acceptors (Lipinski definition) is 3. The maximum atomic E-state index is 6.03. The van der Waals surface area contributed by atoms with Crippen molar-refractivity contribution in [3.8, 4) is 5.75 Å². The predicted molar refractivity (Wildman–Crippen MR) is 77.1 cm³/mol. The molecule has 2 N–H and O–H groups in total. The second-order valence-corrected chi connectivity index (χ2v) is 5.26. The van der Waals surface area contributed by atoms with Gasteiger partial charge in [-0.1, -0.05) is 39.1 Å². The Morgan fingerprint density at radius 1 is 1.17 bits per heavy atom. The second-order valence-electron chi connectivity index (χ2n) is 3.53. The minimum atomic E-state index is 0.214. The molecule has 0 spiro atoms. The fraction of sp³-hybridized carbons (Fsp3) is 0.0833. The molecule has 0 aliphatic rings. The SMILES string of the molecule is Nc1ccc(Cl)c(COc2ccc(Br)cc2Cl)n1. The normalized spacial score (nSPS) is 10.4. The van der Waals surface area contributed by atoms with Crippen molar-refractivity contribution in [2.45, 2.75) is 6.61 Å². The Bertz CT molecular complexity index is 578. The topological polar surface area (TPSA) is 48.1 Å². The number of anilines is 1. The van der Waals surface area contributed by atoms with E-state index in [0.717, 1.165) is 4.47 Å². The molecule has 0 amide bonds. The molecule has 1 aromatic carbocycles. The summed E-state index contributed by atoms with van der Waals surface area (Å²) >= 11 is 15.3. The molecule has 0 fully saturated rings. The molecule has 18 heavy (non-hydrogen) atoms.